The monoisotopic (exact) mass is 595 g/mol. The van der Waals surface area contributed by atoms with E-state index in [9.17, 15) is 8.42 Å². The molecule has 2 aromatic carbocycles. The first kappa shape index (κ1) is 25.4. The Kier molecular flexibility index (Phi) is 6.82. The average molecular weight is 597 g/mol. The molecule has 1 saturated heterocycles. The van der Waals surface area contributed by atoms with Crippen LogP contribution in [0.5, 0.6) is 0 Å². The number of hydrogen-bond acceptors (Lipinski definition) is 4. The molecule has 0 aliphatic carbocycles. The summed E-state index contributed by atoms with van der Waals surface area (Å²) in [4.78, 5) is 6.73. The van der Waals surface area contributed by atoms with Crippen molar-refractivity contribution in [3.63, 3.8) is 0 Å². The van der Waals surface area contributed by atoms with Crippen LogP contribution in [0.15, 0.2) is 83.5 Å². The van der Waals surface area contributed by atoms with Crippen LogP contribution in [0.4, 0.5) is 11.4 Å². The van der Waals surface area contributed by atoms with Crippen molar-refractivity contribution in [3.05, 3.63) is 106 Å². The Hall–Kier alpha value is -3.21. The summed E-state index contributed by atoms with van der Waals surface area (Å²) < 4.78 is 29.1. The second-order valence-electron chi connectivity index (χ2n) is 9.06. The van der Waals surface area contributed by atoms with Crippen LogP contribution in [0, 0.1) is 13.8 Å². The molecule has 7 nitrogen and oxygen atoms in total. The minimum atomic E-state index is -3.37. The topological polar surface area (TPSA) is 79.3 Å². The van der Waals surface area contributed by atoms with Crippen LogP contribution in [0.3, 0.4) is 0 Å². The third-order valence-electron chi connectivity index (χ3n) is 6.42. The van der Waals surface area contributed by atoms with Crippen molar-refractivity contribution < 1.29 is 8.42 Å². The summed E-state index contributed by atoms with van der Waals surface area (Å²) >= 11 is 9.38. The number of anilines is 2. The summed E-state index contributed by atoms with van der Waals surface area (Å²) in [6.45, 7) is 4.23. The zero-order valence-corrected chi connectivity index (χ0v) is 23.7. The van der Waals surface area contributed by atoms with Crippen molar-refractivity contribution in [3.8, 4) is 5.69 Å². The molecule has 37 heavy (non-hydrogen) atoms. The molecule has 5 rings (SSSR count). The average Bonchev–Trinajstić information content (AvgIpc) is 3.35. The largest absolute Gasteiger partial charge is 0.351 e. The summed E-state index contributed by atoms with van der Waals surface area (Å²) in [5, 5.41) is 4.07. The van der Waals surface area contributed by atoms with E-state index in [0.29, 0.717) is 10.8 Å². The highest BCUT2D eigenvalue weighted by Crippen LogP contribution is 2.44. The Labute approximate surface area is 230 Å². The van der Waals surface area contributed by atoms with E-state index in [-0.39, 0.29) is 12.1 Å². The first-order valence-electron chi connectivity index (χ1n) is 11.7. The summed E-state index contributed by atoms with van der Waals surface area (Å²) in [6.07, 6.45) is 2.92. The predicted octanol–water partition coefficient (Wildman–Crippen LogP) is 5.80. The first-order chi connectivity index (χ1) is 17.6. The molecule has 10 heteroatoms. The molecule has 190 valence electrons. The lowest BCUT2D eigenvalue weighted by Crippen LogP contribution is -2.29. The normalized spacial score (nSPS) is 17.6. The molecule has 0 bridgehead atoms. The number of aromatic nitrogens is 2. The minimum absolute atomic E-state index is 0.175. The highest BCUT2D eigenvalue weighted by Gasteiger charge is 2.42. The Morgan fingerprint density at radius 1 is 1.00 bits per heavy atom. The number of sulfonamides is 1. The van der Waals surface area contributed by atoms with E-state index in [2.05, 4.69) is 72.5 Å². The van der Waals surface area contributed by atoms with Gasteiger partial charge in [0.15, 0.2) is 5.11 Å². The number of hydrogen-bond donors (Lipinski definition) is 2. The van der Waals surface area contributed by atoms with Crippen molar-refractivity contribution in [2.24, 2.45) is 0 Å². The zero-order chi connectivity index (χ0) is 26.3. The Balaban J connectivity index is 1.62. The number of thiocarbonyl (C=S) groups is 1. The van der Waals surface area contributed by atoms with Crippen LogP contribution in [0.1, 0.15) is 34.7 Å². The standard InChI is InChI=1S/C27H26BrN5O2S2/c1-17-16-23(18(2)32(17)21-11-7-19(28)8-12-21)26-25(24-6-4-5-15-29-24)30-27(36)33(26)22-13-9-20(10-14-22)31-37(3,34)35/h4-16,25-26,31H,1-3H3,(H,30,36)/t25-,26-/m1/s1. The van der Waals surface area contributed by atoms with Crippen LogP contribution < -0.4 is 14.9 Å². The van der Waals surface area contributed by atoms with E-state index in [1.54, 1.807) is 18.3 Å². The number of benzene rings is 2. The number of pyridine rings is 1. The Bertz CT molecular complexity index is 1550. The van der Waals surface area contributed by atoms with Crippen molar-refractivity contribution in [1.29, 1.82) is 0 Å². The molecule has 0 saturated carbocycles. The lowest BCUT2D eigenvalue weighted by molar-refractivity contribution is 0.565. The lowest BCUT2D eigenvalue weighted by atomic mass is 9.96. The van der Waals surface area contributed by atoms with Gasteiger partial charge in [0.05, 0.1) is 24.0 Å². The molecule has 0 radical (unpaired) electrons. The van der Waals surface area contributed by atoms with Crippen molar-refractivity contribution in [2.75, 3.05) is 15.9 Å². The molecule has 2 atom stereocenters. The molecule has 1 aliphatic heterocycles. The van der Waals surface area contributed by atoms with E-state index < -0.39 is 10.0 Å². The van der Waals surface area contributed by atoms with Gasteiger partial charge in [-0.2, -0.15) is 0 Å². The van der Waals surface area contributed by atoms with Gasteiger partial charge in [-0.25, -0.2) is 8.42 Å². The third kappa shape index (κ3) is 5.14. The molecule has 1 fully saturated rings. The van der Waals surface area contributed by atoms with Gasteiger partial charge in [0.25, 0.3) is 0 Å². The lowest BCUT2D eigenvalue weighted by Gasteiger charge is -2.28. The van der Waals surface area contributed by atoms with E-state index in [0.717, 1.165) is 44.7 Å². The Morgan fingerprint density at radius 3 is 2.30 bits per heavy atom. The quantitative estimate of drug-likeness (QED) is 0.274. The van der Waals surface area contributed by atoms with Gasteiger partial charge in [0.1, 0.15) is 0 Å². The van der Waals surface area contributed by atoms with Gasteiger partial charge in [0, 0.05) is 39.1 Å². The maximum Gasteiger partial charge on any atom is 0.229 e. The molecule has 3 heterocycles. The zero-order valence-electron chi connectivity index (χ0n) is 20.5. The second kappa shape index (κ2) is 9.92. The van der Waals surface area contributed by atoms with Crippen molar-refractivity contribution in [1.82, 2.24) is 14.9 Å². The summed E-state index contributed by atoms with van der Waals surface area (Å²) in [6, 6.07) is 23.2. The molecule has 0 unspecified atom stereocenters. The molecule has 0 spiro atoms. The third-order valence-corrected chi connectivity index (χ3v) is 7.87. The first-order valence-corrected chi connectivity index (χ1v) is 14.7. The maximum atomic E-state index is 11.7. The Morgan fingerprint density at radius 2 is 1.68 bits per heavy atom. The van der Waals surface area contributed by atoms with Gasteiger partial charge < -0.3 is 14.8 Å². The fraction of sp³-hybridized carbons (Fsp3) is 0.185. The smallest absolute Gasteiger partial charge is 0.229 e. The molecule has 0 amide bonds. The molecular formula is C27H26BrN5O2S2. The summed E-state index contributed by atoms with van der Waals surface area (Å²) in [5.41, 5.74) is 6.67. The van der Waals surface area contributed by atoms with E-state index in [4.69, 9.17) is 12.2 Å². The highest BCUT2D eigenvalue weighted by atomic mass is 79.9. The SMILES string of the molecule is Cc1cc([C@@H]2[C@@H](c3ccccn3)NC(=S)N2c2ccc(NS(C)(=O)=O)cc2)c(C)n1-c1ccc(Br)cc1. The van der Waals surface area contributed by atoms with E-state index in [1.807, 2.05) is 42.5 Å². The summed E-state index contributed by atoms with van der Waals surface area (Å²) in [7, 11) is -3.37. The minimum Gasteiger partial charge on any atom is -0.351 e. The van der Waals surface area contributed by atoms with E-state index in [1.165, 1.54) is 0 Å². The van der Waals surface area contributed by atoms with Crippen LogP contribution in [-0.4, -0.2) is 29.3 Å². The van der Waals surface area contributed by atoms with Gasteiger partial charge in [-0.3, -0.25) is 9.71 Å². The van der Waals surface area contributed by atoms with Crippen LogP contribution in [0.25, 0.3) is 5.69 Å². The van der Waals surface area contributed by atoms with Crippen LogP contribution in [-0.2, 0) is 10.0 Å². The molecule has 4 aromatic rings. The maximum absolute atomic E-state index is 11.7. The number of aryl methyl sites for hydroxylation is 1. The number of rotatable bonds is 6. The van der Waals surface area contributed by atoms with Gasteiger partial charge in [-0.05, 0) is 98.4 Å². The molecular weight excluding hydrogens is 570 g/mol. The summed E-state index contributed by atoms with van der Waals surface area (Å²) in [5.74, 6) is 0. The molecule has 2 aromatic heterocycles. The fourth-order valence-electron chi connectivity index (χ4n) is 4.93. The van der Waals surface area contributed by atoms with Gasteiger partial charge in [0.2, 0.25) is 10.0 Å². The second-order valence-corrected chi connectivity index (χ2v) is 12.1. The number of nitrogens with zero attached hydrogens (tertiary/aromatic N) is 3. The number of halogens is 1. The molecule has 2 N–H and O–H groups in total. The van der Waals surface area contributed by atoms with E-state index >= 15 is 0 Å². The van der Waals surface area contributed by atoms with Gasteiger partial charge in [-0.1, -0.05) is 22.0 Å². The predicted molar refractivity (Wildman–Crippen MR) is 156 cm³/mol. The number of nitrogens with one attached hydrogen (secondary N) is 2. The van der Waals surface area contributed by atoms with Crippen LogP contribution >= 0.6 is 28.1 Å². The fourth-order valence-corrected chi connectivity index (χ4v) is 6.10. The van der Waals surface area contributed by atoms with Crippen molar-refractivity contribution >= 4 is 54.7 Å². The van der Waals surface area contributed by atoms with Crippen molar-refractivity contribution in [2.45, 2.75) is 25.9 Å². The van der Waals surface area contributed by atoms with Gasteiger partial charge >= 0.3 is 0 Å². The van der Waals surface area contributed by atoms with Crippen LogP contribution in [0.2, 0.25) is 0 Å². The van der Waals surface area contributed by atoms with Gasteiger partial charge in [-0.15, -0.1) is 0 Å². The highest BCUT2D eigenvalue weighted by molar-refractivity contribution is 9.10. The molecule has 1 aliphatic rings.